The second-order valence-electron chi connectivity index (χ2n) is 6.06. The number of carbonyl (C=O) groups is 1. The first-order valence-corrected chi connectivity index (χ1v) is 7.56. The van der Waals surface area contributed by atoms with Gasteiger partial charge in [-0.1, -0.05) is 0 Å². The molecule has 0 aromatic carbocycles. The Kier molecular flexibility index (Phi) is 3.78. The molecule has 0 radical (unpaired) electrons. The number of aromatic nitrogens is 2. The van der Waals surface area contributed by atoms with Gasteiger partial charge in [0, 0.05) is 25.4 Å². The molecule has 1 aromatic heterocycles. The summed E-state index contributed by atoms with van der Waals surface area (Å²) < 4.78 is 7.51. The van der Waals surface area contributed by atoms with Crippen molar-refractivity contribution in [3.63, 3.8) is 0 Å². The van der Waals surface area contributed by atoms with E-state index in [1.807, 2.05) is 31.3 Å². The van der Waals surface area contributed by atoms with Crippen molar-refractivity contribution in [2.45, 2.75) is 44.8 Å². The van der Waals surface area contributed by atoms with Crippen molar-refractivity contribution < 1.29 is 9.53 Å². The van der Waals surface area contributed by atoms with Gasteiger partial charge in [-0.2, -0.15) is 5.10 Å². The monoisotopic (exact) mass is 277 g/mol. The van der Waals surface area contributed by atoms with Crippen LogP contribution in [0.15, 0.2) is 12.4 Å². The Morgan fingerprint density at radius 3 is 2.95 bits per heavy atom. The zero-order valence-electron chi connectivity index (χ0n) is 12.3. The van der Waals surface area contributed by atoms with E-state index in [0.717, 1.165) is 31.6 Å². The molecular formula is C15H23N3O2. The summed E-state index contributed by atoms with van der Waals surface area (Å²) in [5, 5.41) is 4.22. The quantitative estimate of drug-likeness (QED) is 0.826. The Hall–Kier alpha value is -1.36. The lowest BCUT2D eigenvalue weighted by molar-refractivity contribution is -0.143. The number of amides is 1. The van der Waals surface area contributed by atoms with Crippen molar-refractivity contribution in [1.29, 1.82) is 0 Å². The number of hydrogen-bond acceptors (Lipinski definition) is 3. The normalized spacial score (nSPS) is 24.1. The largest absolute Gasteiger partial charge is 0.368 e. The molecule has 0 N–H and O–H groups in total. The van der Waals surface area contributed by atoms with E-state index in [1.54, 1.807) is 4.68 Å². The number of hydrogen-bond donors (Lipinski definition) is 0. The molecule has 1 amide bonds. The van der Waals surface area contributed by atoms with Gasteiger partial charge in [0.25, 0.3) is 5.91 Å². The summed E-state index contributed by atoms with van der Waals surface area (Å²) in [7, 11) is 1.91. The average Bonchev–Trinajstić information content (AvgIpc) is 2.96. The van der Waals surface area contributed by atoms with Crippen molar-refractivity contribution in [3.8, 4) is 0 Å². The molecule has 0 bridgehead atoms. The summed E-state index contributed by atoms with van der Waals surface area (Å²) in [5.74, 6) is 0.815. The molecule has 1 aliphatic heterocycles. The molecule has 1 saturated carbocycles. The summed E-state index contributed by atoms with van der Waals surface area (Å²) in [4.78, 5) is 14.5. The van der Waals surface area contributed by atoms with Crippen LogP contribution in [-0.4, -0.2) is 39.8 Å². The lowest BCUT2D eigenvalue weighted by atomic mass is 10.1. The minimum atomic E-state index is -0.326. The van der Waals surface area contributed by atoms with Gasteiger partial charge in [-0.25, -0.2) is 0 Å². The smallest absolute Gasteiger partial charge is 0.251 e. The number of nitrogens with zero attached hydrogens (tertiary/aromatic N) is 3. The first kappa shape index (κ1) is 13.6. The number of rotatable bonds is 5. The van der Waals surface area contributed by atoms with E-state index in [4.69, 9.17) is 4.74 Å². The summed E-state index contributed by atoms with van der Waals surface area (Å²) in [5.41, 5.74) is 1.13. The molecule has 2 atom stereocenters. The van der Waals surface area contributed by atoms with E-state index in [2.05, 4.69) is 5.10 Å². The van der Waals surface area contributed by atoms with Gasteiger partial charge in [-0.05, 0) is 38.5 Å². The lowest BCUT2D eigenvalue weighted by Crippen LogP contribution is -2.38. The maximum Gasteiger partial charge on any atom is 0.251 e. The summed E-state index contributed by atoms with van der Waals surface area (Å²) in [6.07, 6.45) is 8.13. The van der Waals surface area contributed by atoms with Crippen molar-refractivity contribution in [3.05, 3.63) is 18.0 Å². The molecule has 2 heterocycles. The predicted octanol–water partition coefficient (Wildman–Crippen LogP) is 1.90. The van der Waals surface area contributed by atoms with Crippen LogP contribution in [-0.2, 0) is 16.6 Å². The van der Waals surface area contributed by atoms with E-state index in [1.165, 1.54) is 12.8 Å². The SMILES string of the molecule is C[C@@H](OCC1CC1)C(=O)N1CCC[C@@H]1c1cnn(C)c1. The van der Waals surface area contributed by atoms with Gasteiger partial charge < -0.3 is 9.64 Å². The van der Waals surface area contributed by atoms with Crippen molar-refractivity contribution in [2.24, 2.45) is 13.0 Å². The van der Waals surface area contributed by atoms with Crippen molar-refractivity contribution in [2.75, 3.05) is 13.2 Å². The van der Waals surface area contributed by atoms with Gasteiger partial charge in [0.1, 0.15) is 6.10 Å². The van der Waals surface area contributed by atoms with Crippen LogP contribution in [0.1, 0.15) is 44.2 Å². The first-order valence-electron chi connectivity index (χ1n) is 7.56. The molecule has 1 saturated heterocycles. The zero-order chi connectivity index (χ0) is 14.1. The highest BCUT2D eigenvalue weighted by Gasteiger charge is 2.34. The highest BCUT2D eigenvalue weighted by molar-refractivity contribution is 5.81. The molecule has 2 fully saturated rings. The van der Waals surface area contributed by atoms with E-state index in [9.17, 15) is 4.79 Å². The fraction of sp³-hybridized carbons (Fsp3) is 0.733. The van der Waals surface area contributed by atoms with Crippen LogP contribution in [0.25, 0.3) is 0 Å². The fourth-order valence-electron chi connectivity index (χ4n) is 2.86. The number of likely N-dealkylation sites (tertiary alicyclic amines) is 1. The maximum atomic E-state index is 12.5. The van der Waals surface area contributed by atoms with Crippen LogP contribution in [0.2, 0.25) is 0 Å². The van der Waals surface area contributed by atoms with Crippen LogP contribution < -0.4 is 0 Å². The van der Waals surface area contributed by atoms with Crippen LogP contribution in [0.3, 0.4) is 0 Å². The first-order chi connectivity index (χ1) is 9.65. The highest BCUT2D eigenvalue weighted by Crippen LogP contribution is 2.33. The molecule has 20 heavy (non-hydrogen) atoms. The Morgan fingerprint density at radius 2 is 2.30 bits per heavy atom. The van der Waals surface area contributed by atoms with Crippen molar-refractivity contribution in [1.82, 2.24) is 14.7 Å². The Balaban J connectivity index is 1.63. The third-order valence-electron chi connectivity index (χ3n) is 4.27. The number of ether oxygens (including phenoxy) is 1. The maximum absolute atomic E-state index is 12.5. The van der Waals surface area contributed by atoms with Gasteiger partial charge in [-0.15, -0.1) is 0 Å². The van der Waals surface area contributed by atoms with Crippen molar-refractivity contribution >= 4 is 5.91 Å². The van der Waals surface area contributed by atoms with E-state index in [-0.39, 0.29) is 18.1 Å². The molecule has 1 aromatic rings. The molecule has 1 aliphatic carbocycles. The third kappa shape index (κ3) is 2.87. The minimum absolute atomic E-state index is 0.122. The van der Waals surface area contributed by atoms with Gasteiger partial charge in [0.2, 0.25) is 0 Å². The molecule has 5 nitrogen and oxygen atoms in total. The van der Waals surface area contributed by atoms with Crippen LogP contribution >= 0.6 is 0 Å². The molecular weight excluding hydrogens is 254 g/mol. The fourth-order valence-corrected chi connectivity index (χ4v) is 2.86. The molecule has 5 heteroatoms. The average molecular weight is 277 g/mol. The predicted molar refractivity (Wildman–Crippen MR) is 75.0 cm³/mol. The highest BCUT2D eigenvalue weighted by atomic mass is 16.5. The molecule has 0 unspecified atom stereocenters. The molecule has 0 spiro atoms. The lowest BCUT2D eigenvalue weighted by Gasteiger charge is -2.27. The Bertz CT molecular complexity index is 481. The molecule has 3 rings (SSSR count). The van der Waals surface area contributed by atoms with Gasteiger partial charge in [-0.3, -0.25) is 9.48 Å². The van der Waals surface area contributed by atoms with Gasteiger partial charge >= 0.3 is 0 Å². The Labute approximate surface area is 119 Å². The zero-order valence-corrected chi connectivity index (χ0v) is 12.3. The van der Waals surface area contributed by atoms with Crippen LogP contribution in [0.5, 0.6) is 0 Å². The topological polar surface area (TPSA) is 47.4 Å². The van der Waals surface area contributed by atoms with E-state index >= 15 is 0 Å². The van der Waals surface area contributed by atoms with Gasteiger partial charge in [0.05, 0.1) is 18.8 Å². The van der Waals surface area contributed by atoms with Crippen LogP contribution in [0.4, 0.5) is 0 Å². The number of aryl methyl sites for hydroxylation is 1. The third-order valence-corrected chi connectivity index (χ3v) is 4.27. The van der Waals surface area contributed by atoms with E-state index < -0.39 is 0 Å². The van der Waals surface area contributed by atoms with Crippen LogP contribution in [0, 0.1) is 5.92 Å². The second kappa shape index (κ2) is 5.56. The van der Waals surface area contributed by atoms with E-state index in [0.29, 0.717) is 5.92 Å². The second-order valence-corrected chi connectivity index (χ2v) is 6.06. The molecule has 110 valence electrons. The summed E-state index contributed by atoms with van der Waals surface area (Å²) in [6, 6.07) is 0.170. The summed E-state index contributed by atoms with van der Waals surface area (Å²) in [6.45, 7) is 3.44. The molecule has 2 aliphatic rings. The number of carbonyl (C=O) groups excluding carboxylic acids is 1. The summed E-state index contributed by atoms with van der Waals surface area (Å²) >= 11 is 0. The standard InChI is InChI=1S/C15H23N3O2/c1-11(20-10-12-5-6-12)15(19)18-7-3-4-14(18)13-8-16-17(2)9-13/h8-9,11-12,14H,3-7,10H2,1-2H3/t11-,14-/m1/s1. The minimum Gasteiger partial charge on any atom is -0.368 e. The van der Waals surface area contributed by atoms with Gasteiger partial charge in [0.15, 0.2) is 0 Å². The Morgan fingerprint density at radius 1 is 1.50 bits per heavy atom.